The van der Waals surface area contributed by atoms with E-state index in [0.29, 0.717) is 153 Å². The quantitative estimate of drug-likeness (QED) is 0.0204. The SMILES string of the molecule is COCCOCCOc1c(OCCOCCOC)c2ccc3cc2c2cc(ccc12)=C=C=C=C=c1ccc2c(OCCOCCOC)c(OCCOCCOC)c4ccc(cc4c2c1)=C=C=C=C=c1ccc2c(OCCOCCOC)c(OCCOCCOC)c4ccc(cc4c2c1)=C=C=C=C=3. The Bertz CT molecular complexity index is 4350. The summed E-state index contributed by atoms with van der Waals surface area (Å²) >= 11 is 0. The highest BCUT2D eigenvalue weighted by Gasteiger charge is 2.22. The Morgan fingerprint density at radius 1 is 0.176 bits per heavy atom. The van der Waals surface area contributed by atoms with E-state index in [2.05, 4.69) is 68.8 Å². The molecular weight excluding hydrogens is 1300 g/mol. The van der Waals surface area contributed by atoms with Crippen molar-refractivity contribution in [2.24, 2.45) is 0 Å². The van der Waals surface area contributed by atoms with Crippen molar-refractivity contribution in [1.29, 1.82) is 0 Å². The Morgan fingerprint density at radius 3 is 0.471 bits per heavy atom. The normalized spacial score (nSPS) is 11.5. The standard InChI is InChI=1S/C84H84O18/c1-85-31-37-91-43-49-97-79-67-25-19-61-13-7-8-15-63-21-27-69-75(57-63)77-59-65(23-29-71(77)83(101-53-47-95-41-35-89-5)81(69)99-51-45-93-39-33-87-3)17-11-12-18-66-24-30-72-78(60-66)76-58-64(22-28-70(76)82(100-52-46-94-40-34-88-4)84(72)102-54-48-96-42-36-90-6)16-10-9-14-62-20-26-68(74(56-62)73(67)55-61)80(79)98-50-44-92-38-32-86-2/h19-30,55-60H,31-54H2,1-6H3. The maximum absolute atomic E-state index is 6.64. The van der Waals surface area contributed by atoms with Crippen molar-refractivity contribution in [3.63, 3.8) is 0 Å². The van der Waals surface area contributed by atoms with Crippen LogP contribution in [0.1, 0.15) is 0 Å². The highest BCUT2D eigenvalue weighted by molar-refractivity contribution is 6.16. The van der Waals surface area contributed by atoms with Gasteiger partial charge in [0.2, 0.25) is 0 Å². The van der Waals surface area contributed by atoms with E-state index in [0.717, 1.165) is 95.9 Å². The first kappa shape index (κ1) is 74.9. The van der Waals surface area contributed by atoms with Gasteiger partial charge in [-0.15, -0.1) is 0 Å². The molecule has 1 aliphatic carbocycles. The molecular formula is C84H84O18. The maximum atomic E-state index is 6.64. The van der Waals surface area contributed by atoms with Crippen LogP contribution in [0.4, 0.5) is 0 Å². The number of rotatable bonds is 42. The highest BCUT2D eigenvalue weighted by Crippen LogP contribution is 2.46. The molecule has 10 rings (SSSR count). The molecule has 0 spiro atoms. The van der Waals surface area contributed by atoms with E-state index in [1.54, 1.807) is 42.7 Å². The van der Waals surface area contributed by atoms with Gasteiger partial charge < -0.3 is 85.3 Å². The van der Waals surface area contributed by atoms with E-state index in [1.807, 2.05) is 109 Å². The average Bonchev–Trinajstić information content (AvgIpc) is 0.764. The van der Waals surface area contributed by atoms with Gasteiger partial charge in [-0.05, 0) is 176 Å². The van der Waals surface area contributed by atoms with Gasteiger partial charge in [-0.3, -0.25) is 0 Å². The molecule has 102 heavy (non-hydrogen) atoms. The number of ether oxygens (including phenoxy) is 18. The maximum Gasteiger partial charge on any atom is 0.169 e. The first-order valence-electron chi connectivity index (χ1n) is 33.8. The third-order valence-electron chi connectivity index (χ3n) is 15.9. The van der Waals surface area contributed by atoms with Crippen molar-refractivity contribution in [3.05, 3.63) is 175 Å². The number of hydrogen-bond acceptors (Lipinski definition) is 18. The zero-order valence-electron chi connectivity index (χ0n) is 58.7. The van der Waals surface area contributed by atoms with Crippen molar-refractivity contribution >= 4 is 99.0 Å². The summed E-state index contributed by atoms with van der Waals surface area (Å²) in [5.41, 5.74) is 38.8. The number of benzene rings is 9. The van der Waals surface area contributed by atoms with Crippen LogP contribution in [0.3, 0.4) is 0 Å². The van der Waals surface area contributed by atoms with Crippen molar-refractivity contribution in [3.8, 4) is 34.5 Å². The number of hydrogen-bond donors (Lipinski definition) is 0. The van der Waals surface area contributed by atoms with Crippen LogP contribution < -0.4 is 59.7 Å². The van der Waals surface area contributed by atoms with E-state index in [9.17, 15) is 0 Å². The molecule has 0 aliphatic heterocycles. The van der Waals surface area contributed by atoms with E-state index in [1.165, 1.54) is 0 Å². The molecule has 0 N–H and O–H groups in total. The molecule has 528 valence electrons. The molecule has 0 atom stereocenters. The first-order valence-corrected chi connectivity index (χ1v) is 33.8. The molecule has 0 fully saturated rings. The molecule has 0 amide bonds. The average molecular weight is 1380 g/mol. The van der Waals surface area contributed by atoms with Gasteiger partial charge in [-0.2, -0.15) is 0 Å². The fourth-order valence-electron chi connectivity index (χ4n) is 11.2. The Balaban J connectivity index is 1.27. The molecule has 1 aliphatic rings. The summed E-state index contributed by atoms with van der Waals surface area (Å²) in [6.07, 6.45) is 0. The lowest BCUT2D eigenvalue weighted by atomic mass is 9.98. The minimum atomic E-state index is 0.243. The molecule has 18 nitrogen and oxygen atoms in total. The van der Waals surface area contributed by atoms with E-state index >= 15 is 0 Å². The van der Waals surface area contributed by atoms with Gasteiger partial charge in [-0.1, -0.05) is 34.4 Å². The zero-order chi connectivity index (χ0) is 70.8. The zero-order valence-corrected chi connectivity index (χ0v) is 58.7. The fourth-order valence-corrected chi connectivity index (χ4v) is 11.2. The molecule has 9 aromatic rings. The smallest absolute Gasteiger partial charge is 0.169 e. The summed E-state index contributed by atoms with van der Waals surface area (Å²) < 4.78 is 106. The van der Waals surface area contributed by atoms with Crippen LogP contribution in [0.2, 0.25) is 0 Å². The van der Waals surface area contributed by atoms with Gasteiger partial charge in [0.15, 0.2) is 34.5 Å². The van der Waals surface area contributed by atoms with Gasteiger partial charge >= 0.3 is 0 Å². The van der Waals surface area contributed by atoms with Crippen LogP contribution in [-0.4, -0.2) is 201 Å². The Morgan fingerprint density at radius 2 is 0.324 bits per heavy atom. The van der Waals surface area contributed by atoms with E-state index in [4.69, 9.17) is 85.3 Å². The van der Waals surface area contributed by atoms with Crippen molar-refractivity contribution in [1.82, 2.24) is 0 Å². The molecule has 0 radical (unpaired) electrons. The third kappa shape index (κ3) is 20.9. The number of fused-ring (bicyclic) bond motifs is 6. The summed E-state index contributed by atoms with van der Waals surface area (Å²) in [6, 6.07) is 35.9. The molecule has 0 saturated carbocycles. The second-order valence-corrected chi connectivity index (χ2v) is 22.8. The van der Waals surface area contributed by atoms with Crippen molar-refractivity contribution in [2.75, 3.05) is 201 Å². The Kier molecular flexibility index (Phi) is 30.3. The van der Waals surface area contributed by atoms with Crippen LogP contribution in [0.5, 0.6) is 34.5 Å². The largest absolute Gasteiger partial charge is 0.487 e. The number of methoxy groups -OCH3 is 6. The van der Waals surface area contributed by atoms with Crippen LogP contribution in [0.25, 0.3) is 99.0 Å². The minimum absolute atomic E-state index is 0.243. The summed E-state index contributed by atoms with van der Waals surface area (Å²) in [6.45, 7) is 8.64. The monoisotopic (exact) mass is 1380 g/mol. The van der Waals surface area contributed by atoms with E-state index < -0.39 is 0 Å². The lowest BCUT2D eigenvalue weighted by molar-refractivity contribution is 0.0503. The van der Waals surface area contributed by atoms with Crippen molar-refractivity contribution < 1.29 is 85.3 Å². The van der Waals surface area contributed by atoms with Gasteiger partial charge in [-0.25, -0.2) is 0 Å². The second kappa shape index (κ2) is 41.2. The van der Waals surface area contributed by atoms with Crippen molar-refractivity contribution in [2.45, 2.75) is 0 Å². The van der Waals surface area contributed by atoms with Gasteiger partial charge in [0.05, 0.1) is 119 Å². The van der Waals surface area contributed by atoms with Crippen LogP contribution in [0, 0.1) is 0 Å². The van der Waals surface area contributed by atoms with Crippen LogP contribution in [-0.2, 0) is 56.8 Å². The summed E-state index contributed by atoms with van der Waals surface area (Å²) in [7, 11) is 9.83. The second-order valence-electron chi connectivity index (χ2n) is 22.8. The Hall–Kier alpha value is -9.78. The topological polar surface area (TPSA) is 166 Å². The summed E-state index contributed by atoms with van der Waals surface area (Å²) in [5.74, 6) is 3.30. The summed E-state index contributed by atoms with van der Waals surface area (Å²) in [4.78, 5) is 0. The lowest BCUT2D eigenvalue weighted by Gasteiger charge is -2.19. The highest BCUT2D eigenvalue weighted by atomic mass is 16.6. The van der Waals surface area contributed by atoms with Crippen LogP contribution >= 0.6 is 0 Å². The predicted octanol–water partition coefficient (Wildman–Crippen LogP) is 8.15. The third-order valence-corrected chi connectivity index (χ3v) is 15.9. The van der Waals surface area contributed by atoms with Gasteiger partial charge in [0.25, 0.3) is 0 Å². The minimum Gasteiger partial charge on any atom is -0.487 e. The van der Waals surface area contributed by atoms with E-state index in [-0.39, 0.29) is 39.6 Å². The fraction of sp³-hybridized carbons (Fsp3) is 0.357. The lowest BCUT2D eigenvalue weighted by Crippen LogP contribution is -2.13. The van der Waals surface area contributed by atoms with Crippen LogP contribution in [0.15, 0.2) is 144 Å². The molecule has 12 bridgehead atoms. The molecule has 0 heterocycles. The predicted molar refractivity (Wildman–Crippen MR) is 393 cm³/mol. The molecule has 9 aromatic carbocycles. The molecule has 0 saturated heterocycles. The van der Waals surface area contributed by atoms with Gasteiger partial charge in [0, 0.05) is 106 Å². The Labute approximate surface area is 592 Å². The summed E-state index contributed by atoms with van der Waals surface area (Å²) in [5, 5.41) is 14.2. The molecule has 18 heteroatoms. The molecule has 0 unspecified atom stereocenters. The first-order chi connectivity index (χ1) is 50.4. The van der Waals surface area contributed by atoms with Gasteiger partial charge in [0.1, 0.15) is 39.6 Å². The molecule has 0 aromatic heterocycles.